The minimum atomic E-state index is 1.24. The Hall–Kier alpha value is -4.16. The third kappa shape index (κ3) is 3.68. The summed E-state index contributed by atoms with van der Waals surface area (Å²) in [5.41, 5.74) is 10.1. The van der Waals surface area contributed by atoms with E-state index in [1.807, 2.05) is 0 Å². The van der Waals surface area contributed by atoms with Crippen molar-refractivity contribution >= 4 is 21.5 Å². The second kappa shape index (κ2) is 8.32. The Morgan fingerprint density at radius 2 is 0.765 bits per heavy atom. The molecule has 0 heterocycles. The number of hydrogen-bond donors (Lipinski definition) is 0. The van der Waals surface area contributed by atoms with E-state index in [9.17, 15) is 0 Å². The van der Waals surface area contributed by atoms with E-state index in [-0.39, 0.29) is 0 Å². The number of benzene rings is 6. The number of fused-ring (bicyclic) bond motifs is 2. The fourth-order valence-corrected chi connectivity index (χ4v) is 4.92. The van der Waals surface area contributed by atoms with Crippen LogP contribution in [-0.2, 0) is 0 Å². The van der Waals surface area contributed by atoms with Crippen molar-refractivity contribution < 1.29 is 0 Å². The van der Waals surface area contributed by atoms with Crippen LogP contribution in [0.3, 0.4) is 0 Å². The molecule has 0 atom stereocenters. The first-order chi connectivity index (χ1) is 16.7. The Bertz CT molecular complexity index is 1520. The van der Waals surface area contributed by atoms with E-state index in [4.69, 9.17) is 0 Å². The fourth-order valence-electron chi connectivity index (χ4n) is 4.92. The fraction of sp³-hybridized carbons (Fsp3) is 0.0588. The highest BCUT2D eigenvalue weighted by atomic mass is 14.2. The molecule has 0 fully saturated rings. The van der Waals surface area contributed by atoms with Gasteiger partial charge in [0.15, 0.2) is 0 Å². The molecule has 0 aliphatic carbocycles. The van der Waals surface area contributed by atoms with Crippen molar-refractivity contribution in [3.63, 3.8) is 0 Å². The molecule has 0 radical (unpaired) electrons. The van der Waals surface area contributed by atoms with Gasteiger partial charge in [0, 0.05) is 0 Å². The van der Waals surface area contributed by atoms with Gasteiger partial charge in [-0.15, -0.1) is 0 Å². The Morgan fingerprint density at radius 3 is 1.24 bits per heavy atom. The lowest BCUT2D eigenvalue weighted by molar-refractivity contribution is 1.46. The average Bonchev–Trinajstić information content (AvgIpc) is 2.88. The number of hydrogen-bond acceptors (Lipinski definition) is 0. The zero-order valence-electron chi connectivity index (χ0n) is 19.5. The van der Waals surface area contributed by atoms with Crippen LogP contribution < -0.4 is 0 Å². The Morgan fingerprint density at radius 1 is 0.353 bits per heavy atom. The van der Waals surface area contributed by atoms with Crippen molar-refractivity contribution in [1.29, 1.82) is 0 Å². The first kappa shape index (κ1) is 20.4. The van der Waals surface area contributed by atoms with Crippen LogP contribution in [0.4, 0.5) is 0 Å². The van der Waals surface area contributed by atoms with Crippen LogP contribution in [0.1, 0.15) is 11.1 Å². The maximum Gasteiger partial charge on any atom is -0.00264 e. The minimum Gasteiger partial charge on any atom is -0.0616 e. The lowest BCUT2D eigenvalue weighted by atomic mass is 9.88. The van der Waals surface area contributed by atoms with E-state index in [0.717, 1.165) is 0 Å². The van der Waals surface area contributed by atoms with Crippen LogP contribution in [0.2, 0.25) is 0 Å². The molecule has 0 saturated carbocycles. The predicted molar refractivity (Wildman–Crippen MR) is 147 cm³/mol. The molecule has 0 heteroatoms. The van der Waals surface area contributed by atoms with E-state index < -0.39 is 0 Å². The van der Waals surface area contributed by atoms with Crippen LogP contribution in [0, 0.1) is 13.8 Å². The second-order valence-corrected chi connectivity index (χ2v) is 9.22. The Kier molecular flexibility index (Phi) is 5.00. The summed E-state index contributed by atoms with van der Waals surface area (Å²) in [6.07, 6.45) is 0. The molecule has 0 amide bonds. The standard InChI is InChI=1S/C34H26/c1-23-11-15-25(16-12-23)29-20-30(26-17-13-24(2)14-18-26)22-31(21-29)34-32-9-5-3-7-27(32)19-28-8-4-6-10-33(28)34/h3-22H,1-2H3. The molecule has 0 spiro atoms. The summed E-state index contributed by atoms with van der Waals surface area (Å²) in [6, 6.07) is 44.5. The van der Waals surface area contributed by atoms with Gasteiger partial charge >= 0.3 is 0 Å². The maximum atomic E-state index is 2.36. The Labute approximate surface area is 201 Å². The van der Waals surface area contributed by atoms with Crippen LogP contribution in [0.25, 0.3) is 54.9 Å². The van der Waals surface area contributed by atoms with Gasteiger partial charge in [-0.25, -0.2) is 0 Å². The molecule has 6 rings (SSSR count). The average molecular weight is 435 g/mol. The van der Waals surface area contributed by atoms with Gasteiger partial charge in [-0.2, -0.15) is 0 Å². The van der Waals surface area contributed by atoms with E-state index >= 15 is 0 Å². The lowest BCUT2D eigenvalue weighted by Crippen LogP contribution is -1.89. The van der Waals surface area contributed by atoms with E-state index in [1.165, 1.54) is 66.1 Å². The SMILES string of the molecule is Cc1ccc(-c2cc(-c3ccc(C)cc3)cc(-c3c4ccccc4cc4ccccc34)c2)cc1. The molecule has 0 unspecified atom stereocenters. The summed E-state index contributed by atoms with van der Waals surface area (Å²) < 4.78 is 0. The van der Waals surface area contributed by atoms with Crippen molar-refractivity contribution in [2.75, 3.05) is 0 Å². The Balaban J connectivity index is 1.69. The third-order valence-electron chi connectivity index (χ3n) is 6.76. The predicted octanol–water partition coefficient (Wildman–Crippen LogP) is 9.61. The summed E-state index contributed by atoms with van der Waals surface area (Å²) in [6.45, 7) is 4.28. The minimum absolute atomic E-state index is 1.24. The highest BCUT2D eigenvalue weighted by Crippen LogP contribution is 2.40. The zero-order chi connectivity index (χ0) is 23.1. The van der Waals surface area contributed by atoms with Gasteiger partial charge in [0.05, 0.1) is 0 Å². The third-order valence-corrected chi connectivity index (χ3v) is 6.76. The molecular formula is C34H26. The van der Waals surface area contributed by atoms with Crippen LogP contribution >= 0.6 is 0 Å². The molecule has 6 aromatic rings. The second-order valence-electron chi connectivity index (χ2n) is 9.22. The molecule has 0 bridgehead atoms. The molecule has 0 aliphatic rings. The van der Waals surface area contributed by atoms with Crippen molar-refractivity contribution in [1.82, 2.24) is 0 Å². The van der Waals surface area contributed by atoms with Gasteiger partial charge in [0.1, 0.15) is 0 Å². The van der Waals surface area contributed by atoms with Crippen LogP contribution in [0.15, 0.2) is 121 Å². The molecule has 0 nitrogen and oxygen atoms in total. The largest absolute Gasteiger partial charge is 0.0616 e. The molecule has 6 aromatic carbocycles. The quantitative estimate of drug-likeness (QED) is 0.243. The van der Waals surface area contributed by atoms with Crippen molar-refractivity contribution in [2.24, 2.45) is 0 Å². The normalized spacial score (nSPS) is 11.2. The van der Waals surface area contributed by atoms with Crippen LogP contribution in [-0.4, -0.2) is 0 Å². The molecule has 0 aromatic heterocycles. The molecule has 0 N–H and O–H groups in total. The molecular weight excluding hydrogens is 408 g/mol. The summed E-state index contributed by atoms with van der Waals surface area (Å²) in [5, 5.41) is 5.12. The molecule has 0 saturated heterocycles. The highest BCUT2D eigenvalue weighted by Gasteiger charge is 2.13. The topological polar surface area (TPSA) is 0 Å². The number of aryl methyl sites for hydroxylation is 2. The van der Waals surface area contributed by atoms with Gasteiger partial charge in [0.25, 0.3) is 0 Å². The monoisotopic (exact) mass is 434 g/mol. The summed E-state index contributed by atoms with van der Waals surface area (Å²) >= 11 is 0. The number of rotatable bonds is 3. The molecule has 162 valence electrons. The van der Waals surface area contributed by atoms with Gasteiger partial charge in [-0.05, 0) is 93.0 Å². The van der Waals surface area contributed by atoms with Gasteiger partial charge in [-0.3, -0.25) is 0 Å². The summed E-state index contributed by atoms with van der Waals surface area (Å²) in [4.78, 5) is 0. The van der Waals surface area contributed by atoms with E-state index in [0.29, 0.717) is 0 Å². The summed E-state index contributed by atoms with van der Waals surface area (Å²) in [5.74, 6) is 0. The first-order valence-electron chi connectivity index (χ1n) is 11.9. The molecule has 34 heavy (non-hydrogen) atoms. The zero-order valence-corrected chi connectivity index (χ0v) is 19.5. The van der Waals surface area contributed by atoms with Gasteiger partial charge < -0.3 is 0 Å². The van der Waals surface area contributed by atoms with Crippen molar-refractivity contribution in [3.05, 3.63) is 132 Å². The van der Waals surface area contributed by atoms with Crippen molar-refractivity contribution in [2.45, 2.75) is 13.8 Å². The lowest BCUT2D eigenvalue weighted by Gasteiger charge is -2.16. The first-order valence-corrected chi connectivity index (χ1v) is 11.9. The smallest absolute Gasteiger partial charge is 0.00264 e. The molecule has 0 aliphatic heterocycles. The summed E-state index contributed by atoms with van der Waals surface area (Å²) in [7, 11) is 0. The van der Waals surface area contributed by atoms with E-state index in [2.05, 4.69) is 135 Å². The van der Waals surface area contributed by atoms with Crippen molar-refractivity contribution in [3.8, 4) is 33.4 Å². The van der Waals surface area contributed by atoms with Gasteiger partial charge in [-0.1, -0.05) is 108 Å². The maximum absolute atomic E-state index is 2.36. The van der Waals surface area contributed by atoms with E-state index in [1.54, 1.807) is 0 Å². The van der Waals surface area contributed by atoms with Crippen LogP contribution in [0.5, 0.6) is 0 Å². The highest BCUT2D eigenvalue weighted by molar-refractivity contribution is 6.13. The van der Waals surface area contributed by atoms with Gasteiger partial charge in [0.2, 0.25) is 0 Å².